The van der Waals surface area contributed by atoms with E-state index >= 15 is 0 Å². The Hall–Kier alpha value is -2.19. The molecule has 0 amide bonds. The SMILES string of the molecule is CCCCCCCCC/C=C/C=C/CCCCCCCC(=O)OCC(COCCC(C(=O)[O-])[N+](C)(C)C)OC(=O)CCCCCCCCCCCCC. The van der Waals surface area contributed by atoms with Crippen LogP contribution in [0.25, 0.3) is 0 Å². The van der Waals surface area contributed by atoms with E-state index in [4.69, 9.17) is 14.2 Å². The number of unbranched alkanes of at least 4 members (excludes halogenated alkanes) is 22. The molecule has 0 aromatic heterocycles. The summed E-state index contributed by atoms with van der Waals surface area (Å²) in [7, 11) is 5.40. The minimum Gasteiger partial charge on any atom is -0.544 e. The van der Waals surface area contributed by atoms with Crippen molar-refractivity contribution in [1.29, 1.82) is 0 Å². The van der Waals surface area contributed by atoms with Crippen molar-refractivity contribution in [1.82, 2.24) is 0 Å². The van der Waals surface area contributed by atoms with Crippen LogP contribution in [0.4, 0.5) is 0 Å². The van der Waals surface area contributed by atoms with Gasteiger partial charge < -0.3 is 28.6 Å². The highest BCUT2D eigenvalue weighted by atomic mass is 16.6. The summed E-state index contributed by atoms with van der Waals surface area (Å²) < 4.78 is 17.1. The Labute approximate surface area is 326 Å². The molecule has 2 unspecified atom stereocenters. The summed E-state index contributed by atoms with van der Waals surface area (Å²) in [5.74, 6) is -1.75. The predicted octanol–water partition coefficient (Wildman–Crippen LogP) is 10.4. The Kier molecular flexibility index (Phi) is 35.2. The average Bonchev–Trinajstić information content (AvgIpc) is 3.11. The summed E-state index contributed by atoms with van der Waals surface area (Å²) in [5, 5.41) is 11.6. The number of allylic oxidation sites excluding steroid dienone is 4. The Morgan fingerprint density at radius 2 is 0.981 bits per heavy atom. The lowest BCUT2D eigenvalue weighted by Crippen LogP contribution is -2.55. The first-order valence-corrected chi connectivity index (χ1v) is 21.9. The standard InChI is InChI=1S/C45H83NO7/c1-6-8-10-12-14-16-18-19-20-21-22-23-24-26-27-29-31-33-35-43(47)52-40-41(39-51-38-37-42(45(49)50)46(3,4)5)53-44(48)36-34-32-30-28-25-17-15-13-11-9-7-2/h20-23,41-42H,6-19,24-40H2,1-5H3/b21-20+,23-22+. The smallest absolute Gasteiger partial charge is 0.306 e. The summed E-state index contributed by atoms with van der Waals surface area (Å²) in [4.78, 5) is 36.8. The van der Waals surface area contributed by atoms with E-state index in [1.54, 1.807) is 21.1 Å². The number of rotatable bonds is 39. The van der Waals surface area contributed by atoms with Crippen LogP contribution in [-0.2, 0) is 28.6 Å². The van der Waals surface area contributed by atoms with Gasteiger partial charge in [-0.3, -0.25) is 9.59 Å². The number of quaternary nitrogens is 1. The number of likely N-dealkylation sites (N-methyl/N-ethyl adjacent to an activating group) is 1. The second-order valence-corrected chi connectivity index (χ2v) is 16.0. The molecule has 0 aliphatic heterocycles. The highest BCUT2D eigenvalue weighted by Crippen LogP contribution is 2.14. The molecule has 8 nitrogen and oxygen atoms in total. The molecule has 0 N–H and O–H groups in total. The minimum absolute atomic E-state index is 0.0393. The number of esters is 2. The maximum absolute atomic E-state index is 12.7. The molecule has 0 rings (SSSR count). The Morgan fingerprint density at radius 3 is 1.42 bits per heavy atom. The molecule has 0 aliphatic rings. The van der Waals surface area contributed by atoms with Gasteiger partial charge in [0.1, 0.15) is 12.6 Å². The van der Waals surface area contributed by atoms with Crippen molar-refractivity contribution >= 4 is 17.9 Å². The summed E-state index contributed by atoms with van der Waals surface area (Å²) in [5.41, 5.74) is 0. The van der Waals surface area contributed by atoms with Crippen LogP contribution in [0, 0.1) is 0 Å². The quantitative estimate of drug-likeness (QED) is 0.0267. The number of carboxylic acid groups (broad SMARTS) is 1. The van der Waals surface area contributed by atoms with Gasteiger partial charge in [-0.05, 0) is 38.5 Å². The van der Waals surface area contributed by atoms with Gasteiger partial charge in [0.25, 0.3) is 0 Å². The summed E-state index contributed by atoms with van der Waals surface area (Å²) in [6.45, 7) is 4.64. The molecule has 0 aliphatic carbocycles. The Morgan fingerprint density at radius 1 is 0.566 bits per heavy atom. The van der Waals surface area contributed by atoms with Gasteiger partial charge in [0.2, 0.25) is 0 Å². The monoisotopic (exact) mass is 750 g/mol. The normalized spacial score (nSPS) is 13.2. The fraction of sp³-hybridized carbons (Fsp3) is 0.844. The topological polar surface area (TPSA) is 102 Å². The average molecular weight is 750 g/mol. The molecule has 2 atom stereocenters. The molecule has 8 heteroatoms. The molecule has 0 saturated heterocycles. The summed E-state index contributed by atoms with van der Waals surface area (Å²) in [6, 6.07) is -0.724. The van der Waals surface area contributed by atoms with Gasteiger partial charge in [0.05, 0.1) is 40.3 Å². The lowest BCUT2D eigenvalue weighted by atomic mass is 10.1. The van der Waals surface area contributed by atoms with Crippen LogP contribution in [0.5, 0.6) is 0 Å². The first kappa shape index (κ1) is 50.8. The molecule has 0 aromatic rings. The van der Waals surface area contributed by atoms with Crippen molar-refractivity contribution in [3.8, 4) is 0 Å². The van der Waals surface area contributed by atoms with Gasteiger partial charge in [0.15, 0.2) is 6.10 Å². The van der Waals surface area contributed by atoms with Crippen molar-refractivity contribution in [3.63, 3.8) is 0 Å². The number of nitrogens with zero attached hydrogens (tertiary/aromatic N) is 1. The highest BCUT2D eigenvalue weighted by molar-refractivity contribution is 5.70. The minimum atomic E-state index is -1.13. The van der Waals surface area contributed by atoms with E-state index in [0.717, 1.165) is 57.8 Å². The molecule has 53 heavy (non-hydrogen) atoms. The number of aliphatic carboxylic acids is 1. The van der Waals surface area contributed by atoms with E-state index in [2.05, 4.69) is 38.2 Å². The number of ether oxygens (including phenoxy) is 3. The van der Waals surface area contributed by atoms with Gasteiger partial charge in [0, 0.05) is 19.3 Å². The van der Waals surface area contributed by atoms with Crippen LogP contribution in [-0.4, -0.2) is 75.5 Å². The fourth-order valence-corrected chi connectivity index (χ4v) is 6.41. The van der Waals surface area contributed by atoms with Gasteiger partial charge in [-0.15, -0.1) is 0 Å². The second-order valence-electron chi connectivity index (χ2n) is 16.0. The van der Waals surface area contributed by atoms with Gasteiger partial charge in [-0.25, -0.2) is 0 Å². The molecule has 0 aromatic carbocycles. The Balaban J connectivity index is 4.33. The number of hydrogen-bond acceptors (Lipinski definition) is 7. The van der Waals surface area contributed by atoms with E-state index in [9.17, 15) is 19.5 Å². The van der Waals surface area contributed by atoms with Crippen molar-refractivity contribution in [2.24, 2.45) is 0 Å². The third kappa shape index (κ3) is 35.3. The fourth-order valence-electron chi connectivity index (χ4n) is 6.41. The molecule has 0 spiro atoms. The maximum Gasteiger partial charge on any atom is 0.306 e. The van der Waals surface area contributed by atoms with E-state index in [1.807, 2.05) is 0 Å². The number of carbonyl (C=O) groups excluding carboxylic acids is 3. The molecule has 0 fully saturated rings. The molecule has 0 heterocycles. The zero-order valence-electron chi connectivity index (χ0n) is 35.2. The van der Waals surface area contributed by atoms with Gasteiger partial charge in [-0.1, -0.05) is 160 Å². The zero-order valence-corrected chi connectivity index (χ0v) is 35.2. The lowest BCUT2D eigenvalue weighted by molar-refractivity contribution is -0.889. The third-order valence-corrected chi connectivity index (χ3v) is 9.87. The van der Waals surface area contributed by atoms with Crippen molar-refractivity contribution in [2.75, 3.05) is 41.0 Å². The highest BCUT2D eigenvalue weighted by Gasteiger charge is 2.25. The predicted molar refractivity (Wildman–Crippen MR) is 217 cm³/mol. The molecule has 0 saturated carbocycles. The van der Waals surface area contributed by atoms with Gasteiger partial charge >= 0.3 is 11.9 Å². The molecular weight excluding hydrogens is 666 g/mol. The van der Waals surface area contributed by atoms with E-state index in [-0.39, 0.29) is 42.7 Å². The van der Waals surface area contributed by atoms with Crippen LogP contribution in [0.1, 0.15) is 194 Å². The largest absolute Gasteiger partial charge is 0.544 e. The maximum atomic E-state index is 12.7. The van der Waals surface area contributed by atoms with Crippen LogP contribution < -0.4 is 5.11 Å². The lowest BCUT2D eigenvalue weighted by Gasteiger charge is -2.34. The van der Waals surface area contributed by atoms with Crippen LogP contribution >= 0.6 is 0 Å². The van der Waals surface area contributed by atoms with E-state index in [0.29, 0.717) is 12.8 Å². The van der Waals surface area contributed by atoms with Crippen LogP contribution in [0.2, 0.25) is 0 Å². The number of carbonyl (C=O) groups is 3. The molecule has 310 valence electrons. The first-order valence-electron chi connectivity index (χ1n) is 21.9. The van der Waals surface area contributed by atoms with Crippen LogP contribution in [0.3, 0.4) is 0 Å². The van der Waals surface area contributed by atoms with Crippen molar-refractivity contribution < 1.29 is 38.2 Å². The van der Waals surface area contributed by atoms with Crippen molar-refractivity contribution in [3.05, 3.63) is 24.3 Å². The molecule has 0 radical (unpaired) electrons. The Bertz CT molecular complexity index is 926. The second kappa shape index (κ2) is 36.8. The van der Waals surface area contributed by atoms with Gasteiger partial charge in [-0.2, -0.15) is 0 Å². The van der Waals surface area contributed by atoms with Crippen LogP contribution in [0.15, 0.2) is 24.3 Å². The zero-order chi connectivity index (χ0) is 39.3. The van der Waals surface area contributed by atoms with Crippen molar-refractivity contribution in [2.45, 2.75) is 206 Å². The first-order chi connectivity index (χ1) is 25.6. The molecular formula is C45H83NO7. The summed E-state index contributed by atoms with van der Waals surface area (Å²) >= 11 is 0. The van der Waals surface area contributed by atoms with E-state index in [1.165, 1.54) is 103 Å². The number of hydrogen-bond donors (Lipinski definition) is 0. The van der Waals surface area contributed by atoms with E-state index < -0.39 is 18.1 Å². The molecule has 0 bridgehead atoms. The summed E-state index contributed by atoms with van der Waals surface area (Å²) in [6.07, 6.45) is 39.1. The third-order valence-electron chi connectivity index (χ3n) is 9.87. The number of carboxylic acids is 1.